The van der Waals surface area contributed by atoms with Crippen LogP contribution in [-0.2, 0) is 0 Å². The van der Waals surface area contributed by atoms with Crippen molar-refractivity contribution in [2.24, 2.45) is 0 Å². The van der Waals surface area contributed by atoms with Gasteiger partial charge in [0.05, 0.1) is 15.8 Å². The first-order chi connectivity index (χ1) is 7.75. The Balaban J connectivity index is 2.04. The summed E-state index contributed by atoms with van der Waals surface area (Å²) in [7, 11) is 0. The SMILES string of the molecule is Fc1cc2c(cc1Br)NCC1CCCCN21. The normalized spacial score (nSPS) is 23.4. The number of benzene rings is 1. The molecule has 1 N–H and O–H groups in total. The highest BCUT2D eigenvalue weighted by Crippen LogP contribution is 2.38. The molecule has 0 aliphatic carbocycles. The van der Waals surface area contributed by atoms with Gasteiger partial charge in [0.2, 0.25) is 0 Å². The van der Waals surface area contributed by atoms with Crippen molar-refractivity contribution in [1.29, 1.82) is 0 Å². The highest BCUT2D eigenvalue weighted by atomic mass is 79.9. The lowest BCUT2D eigenvalue weighted by Gasteiger charge is -2.42. The molecule has 0 bridgehead atoms. The van der Waals surface area contributed by atoms with Crippen LogP contribution in [0.5, 0.6) is 0 Å². The van der Waals surface area contributed by atoms with Gasteiger partial charge in [0, 0.05) is 25.2 Å². The lowest BCUT2D eigenvalue weighted by atomic mass is 9.98. The first-order valence-corrected chi connectivity index (χ1v) is 6.54. The lowest BCUT2D eigenvalue weighted by molar-refractivity contribution is 0.465. The summed E-state index contributed by atoms with van der Waals surface area (Å²) in [5, 5.41) is 3.39. The van der Waals surface area contributed by atoms with Crippen molar-refractivity contribution >= 4 is 27.3 Å². The van der Waals surface area contributed by atoms with E-state index in [0.29, 0.717) is 10.5 Å². The Morgan fingerprint density at radius 1 is 1.38 bits per heavy atom. The van der Waals surface area contributed by atoms with Crippen LogP contribution < -0.4 is 10.2 Å². The van der Waals surface area contributed by atoms with E-state index in [4.69, 9.17) is 0 Å². The summed E-state index contributed by atoms with van der Waals surface area (Å²) >= 11 is 3.23. The third-order valence-corrected chi connectivity index (χ3v) is 4.11. The third-order valence-electron chi connectivity index (χ3n) is 3.50. The van der Waals surface area contributed by atoms with Gasteiger partial charge in [-0.2, -0.15) is 0 Å². The summed E-state index contributed by atoms with van der Waals surface area (Å²) in [6, 6.07) is 4.03. The summed E-state index contributed by atoms with van der Waals surface area (Å²) in [4.78, 5) is 2.35. The predicted octanol–water partition coefficient (Wildman–Crippen LogP) is 3.37. The zero-order valence-electron chi connectivity index (χ0n) is 8.97. The number of rotatable bonds is 0. The minimum absolute atomic E-state index is 0.174. The average molecular weight is 285 g/mol. The Labute approximate surface area is 103 Å². The second-order valence-corrected chi connectivity index (χ2v) is 5.36. The molecule has 3 rings (SSSR count). The molecule has 1 aromatic carbocycles. The monoisotopic (exact) mass is 284 g/mol. The van der Waals surface area contributed by atoms with Gasteiger partial charge in [-0.05, 0) is 41.3 Å². The standard InChI is InChI=1S/C12H14BrFN2/c13-9-5-11-12(6-10(9)14)16-4-2-1-3-8(16)7-15-11/h5-6,8,15H,1-4,7H2. The average Bonchev–Trinajstić information content (AvgIpc) is 2.31. The molecule has 2 heterocycles. The van der Waals surface area contributed by atoms with Crippen LogP contribution in [0, 0.1) is 5.82 Å². The molecule has 0 spiro atoms. The van der Waals surface area contributed by atoms with Gasteiger partial charge in [0.25, 0.3) is 0 Å². The Morgan fingerprint density at radius 3 is 3.12 bits per heavy atom. The van der Waals surface area contributed by atoms with Crippen LogP contribution in [0.4, 0.5) is 15.8 Å². The van der Waals surface area contributed by atoms with Gasteiger partial charge in [-0.3, -0.25) is 0 Å². The van der Waals surface area contributed by atoms with Crippen LogP contribution in [-0.4, -0.2) is 19.1 Å². The Kier molecular flexibility index (Phi) is 2.54. The van der Waals surface area contributed by atoms with Crippen molar-refractivity contribution in [2.45, 2.75) is 25.3 Å². The molecule has 2 aliphatic heterocycles. The molecule has 1 unspecified atom stereocenters. The molecule has 1 saturated heterocycles. The molecule has 1 atom stereocenters. The number of nitrogens with zero attached hydrogens (tertiary/aromatic N) is 1. The highest BCUT2D eigenvalue weighted by Gasteiger charge is 2.28. The second-order valence-electron chi connectivity index (χ2n) is 4.51. The van der Waals surface area contributed by atoms with E-state index in [9.17, 15) is 4.39 Å². The molecule has 1 fully saturated rings. The van der Waals surface area contributed by atoms with Crippen LogP contribution in [0.2, 0.25) is 0 Å². The number of halogens is 2. The summed E-state index contributed by atoms with van der Waals surface area (Å²) in [6.07, 6.45) is 3.72. The van der Waals surface area contributed by atoms with Crippen LogP contribution in [0.15, 0.2) is 16.6 Å². The van der Waals surface area contributed by atoms with Gasteiger partial charge < -0.3 is 10.2 Å². The van der Waals surface area contributed by atoms with E-state index in [0.717, 1.165) is 24.5 Å². The maximum atomic E-state index is 13.6. The second kappa shape index (κ2) is 3.91. The smallest absolute Gasteiger partial charge is 0.139 e. The zero-order chi connectivity index (χ0) is 11.1. The molecule has 0 radical (unpaired) electrons. The van der Waals surface area contributed by atoms with E-state index >= 15 is 0 Å². The Morgan fingerprint density at radius 2 is 2.25 bits per heavy atom. The zero-order valence-corrected chi connectivity index (χ0v) is 10.6. The van der Waals surface area contributed by atoms with Crippen LogP contribution >= 0.6 is 15.9 Å². The fourth-order valence-electron chi connectivity index (χ4n) is 2.67. The fourth-order valence-corrected chi connectivity index (χ4v) is 3.02. The first kappa shape index (κ1) is 10.4. The predicted molar refractivity (Wildman–Crippen MR) is 67.6 cm³/mol. The molecule has 86 valence electrons. The molecule has 0 saturated carbocycles. The molecule has 0 amide bonds. The summed E-state index contributed by atoms with van der Waals surface area (Å²) < 4.78 is 14.1. The number of anilines is 2. The highest BCUT2D eigenvalue weighted by molar-refractivity contribution is 9.10. The lowest BCUT2D eigenvalue weighted by Crippen LogP contribution is -2.47. The Hall–Kier alpha value is -0.770. The van der Waals surface area contributed by atoms with Crippen LogP contribution in [0.3, 0.4) is 0 Å². The molecule has 2 aliphatic rings. The largest absolute Gasteiger partial charge is 0.381 e. The number of nitrogens with one attached hydrogen (secondary N) is 1. The van der Waals surface area contributed by atoms with E-state index in [-0.39, 0.29) is 5.82 Å². The third kappa shape index (κ3) is 1.59. The summed E-state index contributed by atoms with van der Waals surface area (Å²) in [6.45, 7) is 2.03. The van der Waals surface area contributed by atoms with Crippen molar-refractivity contribution < 1.29 is 4.39 Å². The van der Waals surface area contributed by atoms with E-state index in [2.05, 4.69) is 26.1 Å². The van der Waals surface area contributed by atoms with Crippen molar-refractivity contribution in [3.8, 4) is 0 Å². The van der Waals surface area contributed by atoms with Crippen molar-refractivity contribution in [3.63, 3.8) is 0 Å². The van der Waals surface area contributed by atoms with Crippen LogP contribution in [0.25, 0.3) is 0 Å². The van der Waals surface area contributed by atoms with E-state index in [1.807, 2.05) is 6.07 Å². The minimum Gasteiger partial charge on any atom is -0.381 e. The topological polar surface area (TPSA) is 15.3 Å². The van der Waals surface area contributed by atoms with Crippen molar-refractivity contribution in [2.75, 3.05) is 23.3 Å². The number of hydrogen-bond acceptors (Lipinski definition) is 2. The van der Waals surface area contributed by atoms with Crippen molar-refractivity contribution in [3.05, 3.63) is 22.4 Å². The molecule has 16 heavy (non-hydrogen) atoms. The maximum Gasteiger partial charge on any atom is 0.139 e. The van der Waals surface area contributed by atoms with Gasteiger partial charge in [-0.25, -0.2) is 4.39 Å². The van der Waals surface area contributed by atoms with Gasteiger partial charge in [0.15, 0.2) is 0 Å². The maximum absolute atomic E-state index is 13.6. The Bertz CT molecular complexity index is 422. The molecular formula is C12H14BrFN2. The number of piperidine rings is 1. The molecule has 1 aromatic rings. The van der Waals surface area contributed by atoms with E-state index in [1.54, 1.807) is 6.07 Å². The molecule has 2 nitrogen and oxygen atoms in total. The van der Waals surface area contributed by atoms with Gasteiger partial charge in [0.1, 0.15) is 5.82 Å². The van der Waals surface area contributed by atoms with Gasteiger partial charge in [-0.1, -0.05) is 0 Å². The summed E-state index contributed by atoms with van der Waals surface area (Å²) in [5.74, 6) is -0.174. The van der Waals surface area contributed by atoms with Crippen LogP contribution in [0.1, 0.15) is 19.3 Å². The minimum atomic E-state index is -0.174. The fraction of sp³-hybridized carbons (Fsp3) is 0.500. The quantitative estimate of drug-likeness (QED) is 0.786. The molecule has 4 heteroatoms. The first-order valence-electron chi connectivity index (χ1n) is 5.75. The van der Waals surface area contributed by atoms with Gasteiger partial charge >= 0.3 is 0 Å². The van der Waals surface area contributed by atoms with E-state index in [1.165, 1.54) is 19.3 Å². The van der Waals surface area contributed by atoms with E-state index < -0.39 is 0 Å². The molecular weight excluding hydrogens is 271 g/mol. The van der Waals surface area contributed by atoms with Gasteiger partial charge in [-0.15, -0.1) is 0 Å². The van der Waals surface area contributed by atoms with Crippen molar-refractivity contribution in [1.82, 2.24) is 0 Å². The number of fused-ring (bicyclic) bond motifs is 3. The summed E-state index contributed by atoms with van der Waals surface area (Å²) in [5.41, 5.74) is 2.07. The number of hydrogen-bond donors (Lipinski definition) is 1. The molecule has 0 aromatic heterocycles.